The minimum atomic E-state index is -3.60. The van der Waals surface area contributed by atoms with Crippen LogP contribution in [-0.4, -0.2) is 58.1 Å². The zero-order valence-corrected chi connectivity index (χ0v) is 24.7. The SMILES string of the molecule is CNC(=O)[C@@H](Cc1ccccc1)N(Cc1ccc(Br)cc1)C(=O)CCCN(c1cccc(OC)c1)S(C)(=O)=O. The molecule has 0 heterocycles. The Bertz CT molecular complexity index is 1350. The Morgan fingerprint density at radius 2 is 1.67 bits per heavy atom. The van der Waals surface area contributed by atoms with E-state index in [9.17, 15) is 18.0 Å². The predicted octanol–water partition coefficient (Wildman–Crippen LogP) is 4.39. The molecule has 3 aromatic rings. The summed E-state index contributed by atoms with van der Waals surface area (Å²) in [5.74, 6) is 0.0345. The number of carbonyl (C=O) groups is 2. The third kappa shape index (κ3) is 8.83. The lowest BCUT2D eigenvalue weighted by molar-refractivity contribution is -0.141. The number of nitrogens with zero attached hydrogens (tertiary/aromatic N) is 2. The summed E-state index contributed by atoms with van der Waals surface area (Å²) in [5, 5.41) is 2.70. The average Bonchev–Trinajstić information content (AvgIpc) is 2.93. The van der Waals surface area contributed by atoms with E-state index in [4.69, 9.17) is 4.74 Å². The second-order valence-corrected chi connectivity index (χ2v) is 11.9. The zero-order valence-electron chi connectivity index (χ0n) is 22.3. The fraction of sp³-hybridized carbons (Fsp3) is 0.310. The molecule has 39 heavy (non-hydrogen) atoms. The van der Waals surface area contributed by atoms with Gasteiger partial charge in [0.2, 0.25) is 21.8 Å². The van der Waals surface area contributed by atoms with E-state index >= 15 is 0 Å². The number of halogens is 1. The van der Waals surface area contributed by atoms with Crippen LogP contribution in [0.1, 0.15) is 24.0 Å². The molecule has 1 atom stereocenters. The average molecular weight is 617 g/mol. The second-order valence-electron chi connectivity index (χ2n) is 9.11. The molecular formula is C29H34BrN3O5S. The highest BCUT2D eigenvalue weighted by molar-refractivity contribution is 9.10. The molecular weight excluding hydrogens is 582 g/mol. The molecule has 10 heteroatoms. The van der Waals surface area contributed by atoms with E-state index in [0.717, 1.165) is 21.9 Å². The number of likely N-dealkylation sites (N-methyl/N-ethyl adjacent to an activating group) is 1. The van der Waals surface area contributed by atoms with Crippen molar-refractivity contribution in [3.05, 3.63) is 94.5 Å². The minimum Gasteiger partial charge on any atom is -0.497 e. The lowest BCUT2D eigenvalue weighted by atomic mass is 10.0. The van der Waals surface area contributed by atoms with Crippen LogP contribution in [0.3, 0.4) is 0 Å². The van der Waals surface area contributed by atoms with Crippen molar-refractivity contribution < 1.29 is 22.7 Å². The number of hydrogen-bond acceptors (Lipinski definition) is 5. The molecule has 8 nitrogen and oxygen atoms in total. The van der Waals surface area contributed by atoms with Crippen molar-refractivity contribution in [3.63, 3.8) is 0 Å². The van der Waals surface area contributed by atoms with Crippen molar-refractivity contribution in [2.75, 3.05) is 31.3 Å². The van der Waals surface area contributed by atoms with Crippen LogP contribution < -0.4 is 14.4 Å². The fourth-order valence-electron chi connectivity index (χ4n) is 4.28. The van der Waals surface area contributed by atoms with E-state index in [0.29, 0.717) is 17.9 Å². The summed E-state index contributed by atoms with van der Waals surface area (Å²) in [6, 6.07) is 23.2. The summed E-state index contributed by atoms with van der Waals surface area (Å²) in [6.07, 6.45) is 1.82. The van der Waals surface area contributed by atoms with Crippen molar-refractivity contribution in [1.82, 2.24) is 10.2 Å². The molecule has 208 valence electrons. The summed E-state index contributed by atoms with van der Waals surface area (Å²) in [4.78, 5) is 28.3. The standard InChI is InChI=1S/C29H34BrN3O5S/c1-31-29(35)27(19-22-9-5-4-6-10-22)32(21-23-14-16-24(30)17-15-23)28(34)13-8-18-33(39(3,36)37)25-11-7-12-26(20-25)38-2/h4-7,9-12,14-17,20,27H,8,13,18-19,21H2,1-3H3,(H,31,35)/t27-/m1/s1. The summed E-state index contributed by atoms with van der Waals surface area (Å²) >= 11 is 3.43. The highest BCUT2D eigenvalue weighted by Gasteiger charge is 2.30. The smallest absolute Gasteiger partial charge is 0.242 e. The van der Waals surface area contributed by atoms with Gasteiger partial charge >= 0.3 is 0 Å². The maximum atomic E-state index is 13.7. The molecule has 3 aromatic carbocycles. The Labute approximate surface area is 239 Å². The Balaban J connectivity index is 1.84. The molecule has 0 saturated carbocycles. The highest BCUT2D eigenvalue weighted by atomic mass is 79.9. The predicted molar refractivity (Wildman–Crippen MR) is 157 cm³/mol. The van der Waals surface area contributed by atoms with Crippen molar-refractivity contribution >= 4 is 43.5 Å². The Hall–Kier alpha value is -3.37. The van der Waals surface area contributed by atoms with Crippen LogP contribution in [0, 0.1) is 0 Å². The number of nitrogens with one attached hydrogen (secondary N) is 1. The van der Waals surface area contributed by atoms with Gasteiger partial charge < -0.3 is 15.0 Å². The molecule has 2 amide bonds. The van der Waals surface area contributed by atoms with Gasteiger partial charge in [0.1, 0.15) is 11.8 Å². The first-order chi connectivity index (χ1) is 18.6. The van der Waals surface area contributed by atoms with E-state index in [1.807, 2.05) is 54.6 Å². The number of benzene rings is 3. The highest BCUT2D eigenvalue weighted by Crippen LogP contribution is 2.24. The maximum absolute atomic E-state index is 13.7. The Morgan fingerprint density at radius 1 is 0.974 bits per heavy atom. The van der Waals surface area contributed by atoms with E-state index in [1.165, 1.54) is 11.4 Å². The van der Waals surface area contributed by atoms with Gasteiger partial charge in [0.15, 0.2) is 0 Å². The van der Waals surface area contributed by atoms with Gasteiger partial charge in [-0.15, -0.1) is 0 Å². The summed E-state index contributed by atoms with van der Waals surface area (Å²) in [5.41, 5.74) is 2.27. The molecule has 0 aliphatic carbocycles. The molecule has 0 bridgehead atoms. The summed E-state index contributed by atoms with van der Waals surface area (Å²) < 4.78 is 32.6. The van der Waals surface area contributed by atoms with Crippen LogP contribution in [0.2, 0.25) is 0 Å². The number of rotatable bonds is 13. The number of ether oxygens (including phenoxy) is 1. The molecule has 1 N–H and O–H groups in total. The lowest BCUT2D eigenvalue weighted by Crippen LogP contribution is -2.49. The first-order valence-electron chi connectivity index (χ1n) is 12.5. The van der Waals surface area contributed by atoms with Gasteiger partial charge in [-0.3, -0.25) is 13.9 Å². The third-order valence-electron chi connectivity index (χ3n) is 6.28. The van der Waals surface area contributed by atoms with Gasteiger partial charge in [0, 0.05) is 43.5 Å². The van der Waals surface area contributed by atoms with Crippen LogP contribution in [0.5, 0.6) is 5.75 Å². The quantitative estimate of drug-likeness (QED) is 0.308. The molecule has 0 saturated heterocycles. The van der Waals surface area contributed by atoms with Crippen LogP contribution in [0.25, 0.3) is 0 Å². The summed E-state index contributed by atoms with van der Waals surface area (Å²) in [6.45, 7) is 0.343. The molecule has 0 radical (unpaired) electrons. The number of anilines is 1. The number of carbonyl (C=O) groups excluding carboxylic acids is 2. The van der Waals surface area contributed by atoms with E-state index in [2.05, 4.69) is 21.2 Å². The number of amides is 2. The van der Waals surface area contributed by atoms with Crippen molar-refractivity contribution in [2.45, 2.75) is 31.8 Å². The topological polar surface area (TPSA) is 96.0 Å². The Kier molecular flexibility index (Phi) is 10.9. The maximum Gasteiger partial charge on any atom is 0.242 e. The van der Waals surface area contributed by atoms with Gasteiger partial charge in [-0.25, -0.2) is 8.42 Å². The summed E-state index contributed by atoms with van der Waals surface area (Å²) in [7, 11) is -0.533. The molecule has 0 aliphatic rings. The number of sulfonamides is 1. The van der Waals surface area contributed by atoms with Crippen LogP contribution in [0.4, 0.5) is 5.69 Å². The van der Waals surface area contributed by atoms with E-state index in [1.54, 1.807) is 36.2 Å². The lowest BCUT2D eigenvalue weighted by Gasteiger charge is -2.31. The largest absolute Gasteiger partial charge is 0.497 e. The van der Waals surface area contributed by atoms with Crippen LogP contribution in [0.15, 0.2) is 83.3 Å². The van der Waals surface area contributed by atoms with Crippen molar-refractivity contribution in [2.24, 2.45) is 0 Å². The van der Waals surface area contributed by atoms with Crippen LogP contribution >= 0.6 is 15.9 Å². The van der Waals surface area contributed by atoms with Gasteiger partial charge in [-0.05, 0) is 41.8 Å². The van der Waals surface area contributed by atoms with E-state index in [-0.39, 0.29) is 37.7 Å². The third-order valence-corrected chi connectivity index (χ3v) is 8.00. The minimum absolute atomic E-state index is 0.0643. The van der Waals surface area contributed by atoms with Crippen LogP contribution in [-0.2, 0) is 32.6 Å². The fourth-order valence-corrected chi connectivity index (χ4v) is 5.50. The molecule has 0 aromatic heterocycles. The van der Waals surface area contributed by atoms with Gasteiger partial charge in [-0.2, -0.15) is 0 Å². The Morgan fingerprint density at radius 3 is 2.28 bits per heavy atom. The molecule has 0 fully saturated rings. The number of hydrogen-bond donors (Lipinski definition) is 1. The first-order valence-corrected chi connectivity index (χ1v) is 15.2. The second kappa shape index (κ2) is 14.1. The molecule has 0 spiro atoms. The molecule has 3 rings (SSSR count). The van der Waals surface area contributed by atoms with E-state index < -0.39 is 16.1 Å². The number of methoxy groups -OCH3 is 1. The van der Waals surface area contributed by atoms with Gasteiger partial charge in [0.25, 0.3) is 0 Å². The molecule has 0 aliphatic heterocycles. The van der Waals surface area contributed by atoms with Crippen molar-refractivity contribution in [3.8, 4) is 5.75 Å². The van der Waals surface area contributed by atoms with Gasteiger partial charge in [-0.1, -0.05) is 64.5 Å². The van der Waals surface area contributed by atoms with Gasteiger partial charge in [0.05, 0.1) is 19.1 Å². The first kappa shape index (κ1) is 30.2. The normalized spacial score (nSPS) is 11.9. The van der Waals surface area contributed by atoms with Crippen molar-refractivity contribution in [1.29, 1.82) is 0 Å². The zero-order chi connectivity index (χ0) is 28.4. The molecule has 0 unspecified atom stereocenters. The monoisotopic (exact) mass is 615 g/mol.